The summed E-state index contributed by atoms with van der Waals surface area (Å²) < 4.78 is 87.1. The molecule has 0 N–H and O–H groups in total. The zero-order valence-electron chi connectivity index (χ0n) is 36.2. The van der Waals surface area contributed by atoms with Crippen LogP contribution in [0, 0.1) is 0 Å². The van der Waals surface area contributed by atoms with E-state index in [0.29, 0.717) is 56.8 Å². The minimum Gasteiger partial charge on any atom is -0.308 e. The molecular weight excluding hydrogens is 881 g/mol. The quantitative estimate of drug-likeness (QED) is 0.143. The summed E-state index contributed by atoms with van der Waals surface area (Å²) in [6, 6.07) is 63.0. The molecule has 334 valence electrons. The number of hydrogen-bond donors (Lipinski definition) is 0. The topological polar surface area (TPSA) is 56.5 Å². The van der Waals surface area contributed by atoms with Gasteiger partial charge in [0.25, 0.3) is 0 Å². The Balaban J connectivity index is 1.20. The molecule has 0 amide bonds. The van der Waals surface area contributed by atoms with Gasteiger partial charge in [0.1, 0.15) is 0 Å². The average molecular weight is 916 g/mol. The maximum atomic E-state index is 14.2. The van der Waals surface area contributed by atoms with Crippen LogP contribution in [0.25, 0.3) is 106 Å². The second kappa shape index (κ2) is 17.2. The molecule has 0 bridgehead atoms. The largest absolute Gasteiger partial charge is 0.416 e. The fourth-order valence-corrected chi connectivity index (χ4v) is 8.75. The van der Waals surface area contributed by atoms with Crippen molar-refractivity contribution in [1.29, 1.82) is 0 Å². The highest BCUT2D eigenvalue weighted by molar-refractivity contribution is 6.10. The predicted octanol–water partition coefficient (Wildman–Crippen LogP) is 16.1. The van der Waals surface area contributed by atoms with Crippen LogP contribution >= 0.6 is 0 Å². The van der Waals surface area contributed by atoms with Crippen LogP contribution in [0.4, 0.5) is 26.3 Å². The van der Waals surface area contributed by atoms with Gasteiger partial charge in [-0.15, -0.1) is 0 Å². The highest BCUT2D eigenvalue weighted by Gasteiger charge is 2.37. The third kappa shape index (κ3) is 8.39. The van der Waals surface area contributed by atoms with Crippen LogP contribution in [-0.4, -0.2) is 24.5 Å². The zero-order chi connectivity index (χ0) is 47.3. The van der Waals surface area contributed by atoms with Crippen molar-refractivity contribution in [2.24, 2.45) is 0 Å². The molecule has 5 nitrogen and oxygen atoms in total. The van der Waals surface area contributed by atoms with Gasteiger partial charge in [-0.3, -0.25) is 0 Å². The number of hydrogen-bond acceptors (Lipinski definition) is 4. The van der Waals surface area contributed by atoms with Gasteiger partial charge in [0.2, 0.25) is 0 Å². The zero-order valence-corrected chi connectivity index (χ0v) is 36.2. The molecule has 11 heteroatoms. The van der Waals surface area contributed by atoms with E-state index in [9.17, 15) is 26.3 Å². The van der Waals surface area contributed by atoms with E-state index < -0.39 is 23.5 Å². The van der Waals surface area contributed by atoms with Crippen LogP contribution in [0.5, 0.6) is 0 Å². The second-order valence-electron chi connectivity index (χ2n) is 16.5. The maximum Gasteiger partial charge on any atom is 0.416 e. The van der Waals surface area contributed by atoms with Crippen molar-refractivity contribution >= 4 is 21.8 Å². The van der Waals surface area contributed by atoms with E-state index in [1.807, 2.05) is 180 Å². The minimum atomic E-state index is -5.02. The fourth-order valence-electron chi connectivity index (χ4n) is 8.75. The molecule has 0 saturated heterocycles. The lowest BCUT2D eigenvalue weighted by Gasteiger charge is -2.17. The van der Waals surface area contributed by atoms with E-state index in [1.165, 1.54) is 0 Å². The van der Waals surface area contributed by atoms with E-state index in [2.05, 4.69) is 0 Å². The molecule has 8 aromatic carbocycles. The Morgan fingerprint density at radius 1 is 0.304 bits per heavy atom. The Hall–Kier alpha value is -8.70. The smallest absolute Gasteiger partial charge is 0.308 e. The predicted molar refractivity (Wildman–Crippen MR) is 260 cm³/mol. The number of benzene rings is 8. The molecule has 0 aliphatic heterocycles. The van der Waals surface area contributed by atoms with Crippen molar-refractivity contribution in [3.05, 3.63) is 223 Å². The molecule has 11 aromatic rings. The van der Waals surface area contributed by atoms with Gasteiger partial charge in [0, 0.05) is 44.2 Å². The van der Waals surface area contributed by atoms with Gasteiger partial charge < -0.3 is 4.57 Å². The summed E-state index contributed by atoms with van der Waals surface area (Å²) in [4.78, 5) is 20.6. The summed E-state index contributed by atoms with van der Waals surface area (Å²) in [6.45, 7) is 0. The van der Waals surface area contributed by atoms with Crippen molar-refractivity contribution in [1.82, 2.24) is 24.5 Å². The summed E-state index contributed by atoms with van der Waals surface area (Å²) in [5, 5.41) is 1.54. The third-order valence-electron chi connectivity index (χ3n) is 12.1. The average Bonchev–Trinajstić information content (AvgIpc) is 3.72. The first-order valence-corrected chi connectivity index (χ1v) is 21.9. The van der Waals surface area contributed by atoms with Gasteiger partial charge in [-0.05, 0) is 65.7 Å². The fraction of sp³-hybridized carbons (Fsp3) is 0.0345. The molecule has 0 fully saturated rings. The van der Waals surface area contributed by atoms with Crippen molar-refractivity contribution < 1.29 is 26.3 Å². The second-order valence-corrected chi connectivity index (χ2v) is 16.5. The lowest BCUT2D eigenvalue weighted by molar-refractivity contribution is -0.143. The van der Waals surface area contributed by atoms with Gasteiger partial charge in [-0.1, -0.05) is 158 Å². The van der Waals surface area contributed by atoms with Crippen LogP contribution in [-0.2, 0) is 12.4 Å². The standard InChI is InChI=1S/C58H35F6N5/c59-57(60,61)43-29-42(30-44(33-43)58(62,63)64)40-25-27-46-45-23-13-14-24-52(45)69(54(46)32-40)53-28-26-41(51-35-48(36-15-5-1-6-16-36)65-55(66-51)39-21-11-4-12-22-39)31-47(53)56-67-49(37-17-7-2-8-18-37)34-50(68-56)38-19-9-3-10-20-38/h1-35H. The first-order chi connectivity index (χ1) is 33.4. The molecule has 0 unspecified atom stereocenters. The monoisotopic (exact) mass is 915 g/mol. The highest BCUT2D eigenvalue weighted by Crippen LogP contribution is 2.43. The number of para-hydroxylation sites is 1. The molecule has 11 rings (SSSR count). The minimum absolute atomic E-state index is 0.142. The molecule has 0 radical (unpaired) electrons. The van der Waals surface area contributed by atoms with E-state index in [1.54, 1.807) is 18.2 Å². The number of nitrogens with zero attached hydrogens (tertiary/aromatic N) is 5. The number of aromatic nitrogens is 5. The number of rotatable bonds is 8. The first-order valence-electron chi connectivity index (χ1n) is 21.9. The van der Waals surface area contributed by atoms with E-state index in [0.717, 1.165) is 50.7 Å². The van der Waals surface area contributed by atoms with Crippen LogP contribution < -0.4 is 0 Å². The molecule has 3 aromatic heterocycles. The summed E-state index contributed by atoms with van der Waals surface area (Å²) in [7, 11) is 0. The van der Waals surface area contributed by atoms with Gasteiger partial charge >= 0.3 is 12.4 Å². The van der Waals surface area contributed by atoms with Gasteiger partial charge in [0.15, 0.2) is 11.6 Å². The van der Waals surface area contributed by atoms with Crippen molar-refractivity contribution in [3.63, 3.8) is 0 Å². The van der Waals surface area contributed by atoms with Crippen LogP contribution in [0.1, 0.15) is 11.1 Å². The van der Waals surface area contributed by atoms with Crippen molar-refractivity contribution in [2.75, 3.05) is 0 Å². The van der Waals surface area contributed by atoms with Crippen molar-refractivity contribution in [3.8, 4) is 84.6 Å². The summed E-state index contributed by atoms with van der Waals surface area (Å²) >= 11 is 0. The van der Waals surface area contributed by atoms with Gasteiger partial charge in [0.05, 0.1) is 50.6 Å². The molecule has 0 aliphatic carbocycles. The summed E-state index contributed by atoms with van der Waals surface area (Å²) in [6.07, 6.45) is -10.0. The van der Waals surface area contributed by atoms with Crippen molar-refractivity contribution in [2.45, 2.75) is 12.4 Å². The summed E-state index contributed by atoms with van der Waals surface area (Å²) in [5.41, 5.74) is 6.37. The first kappa shape index (κ1) is 42.9. The molecule has 0 spiro atoms. The lowest BCUT2D eigenvalue weighted by atomic mass is 9.98. The highest BCUT2D eigenvalue weighted by atomic mass is 19.4. The Morgan fingerprint density at radius 2 is 0.739 bits per heavy atom. The molecule has 0 atom stereocenters. The van der Waals surface area contributed by atoms with E-state index >= 15 is 0 Å². The number of fused-ring (bicyclic) bond motifs is 3. The lowest BCUT2D eigenvalue weighted by Crippen LogP contribution is -2.11. The number of alkyl halides is 6. The Kier molecular flexibility index (Phi) is 10.7. The Labute approximate surface area is 391 Å². The summed E-state index contributed by atoms with van der Waals surface area (Å²) in [5.74, 6) is 0.881. The van der Waals surface area contributed by atoms with Crippen LogP contribution in [0.2, 0.25) is 0 Å². The maximum absolute atomic E-state index is 14.2. The van der Waals surface area contributed by atoms with E-state index in [4.69, 9.17) is 19.9 Å². The molecule has 69 heavy (non-hydrogen) atoms. The normalized spacial score (nSPS) is 11.9. The van der Waals surface area contributed by atoms with Gasteiger partial charge in [-0.2, -0.15) is 26.3 Å². The van der Waals surface area contributed by atoms with Crippen LogP contribution in [0.3, 0.4) is 0 Å². The van der Waals surface area contributed by atoms with Gasteiger partial charge in [-0.25, -0.2) is 19.9 Å². The SMILES string of the molecule is FC(F)(F)c1cc(-c2ccc3c4ccccc4n(-c4ccc(-c5cc(-c6ccccc6)nc(-c6ccccc6)n5)cc4-c4nc(-c5ccccc5)cc(-c5ccccc5)n4)c3c2)cc(C(F)(F)F)c1. The van der Waals surface area contributed by atoms with E-state index in [-0.39, 0.29) is 17.2 Å². The molecule has 0 saturated carbocycles. The Morgan fingerprint density at radius 3 is 1.26 bits per heavy atom. The van der Waals surface area contributed by atoms with Crippen LogP contribution in [0.15, 0.2) is 212 Å². The number of halogens is 6. The molecule has 0 aliphatic rings. The third-order valence-corrected chi connectivity index (χ3v) is 12.1. The Bertz CT molecular complexity index is 3540. The molecule has 3 heterocycles. The molecular formula is C58H35F6N5.